The van der Waals surface area contributed by atoms with Crippen molar-refractivity contribution in [3.8, 4) is 0 Å². The number of aryl methyl sites for hydroxylation is 1. The Morgan fingerprint density at radius 3 is 2.64 bits per heavy atom. The van der Waals surface area contributed by atoms with E-state index in [4.69, 9.17) is 4.52 Å². The van der Waals surface area contributed by atoms with Gasteiger partial charge < -0.3 is 14.6 Å². The first-order valence-corrected chi connectivity index (χ1v) is 6.19. The van der Waals surface area contributed by atoms with Crippen molar-refractivity contribution in [1.29, 1.82) is 0 Å². The number of hydrogen-bond donors (Lipinski definition) is 1. The van der Waals surface area contributed by atoms with E-state index >= 15 is 0 Å². The average molecular weight is 310 g/mol. The standard InChI is InChI=1S/C14H12F2N2O4/c1-7-5-11(22-18-7)13(19)17-12(14(20)21-2)9-6-8(15)3-4-10(9)16/h3-6,12H,1-2H3,(H,17,19)/t12-/m0/s1. The topological polar surface area (TPSA) is 81.4 Å². The third-order valence-corrected chi connectivity index (χ3v) is 2.83. The van der Waals surface area contributed by atoms with Crippen molar-refractivity contribution in [1.82, 2.24) is 10.5 Å². The van der Waals surface area contributed by atoms with Gasteiger partial charge in [-0.2, -0.15) is 0 Å². The second-order valence-corrected chi connectivity index (χ2v) is 4.43. The van der Waals surface area contributed by atoms with Crippen LogP contribution in [0.15, 0.2) is 28.8 Å². The fourth-order valence-corrected chi connectivity index (χ4v) is 1.79. The van der Waals surface area contributed by atoms with Crippen LogP contribution in [0.25, 0.3) is 0 Å². The van der Waals surface area contributed by atoms with Gasteiger partial charge in [-0.15, -0.1) is 0 Å². The number of carbonyl (C=O) groups is 2. The van der Waals surface area contributed by atoms with Crippen LogP contribution >= 0.6 is 0 Å². The number of halogens is 2. The molecule has 22 heavy (non-hydrogen) atoms. The van der Waals surface area contributed by atoms with Gasteiger partial charge in [-0.3, -0.25) is 4.79 Å². The maximum absolute atomic E-state index is 13.8. The van der Waals surface area contributed by atoms with Gasteiger partial charge in [0.15, 0.2) is 6.04 Å². The lowest BCUT2D eigenvalue weighted by Crippen LogP contribution is -2.35. The SMILES string of the molecule is COC(=O)[C@@H](NC(=O)c1cc(C)no1)c1cc(F)ccc1F. The third-order valence-electron chi connectivity index (χ3n) is 2.83. The van der Waals surface area contributed by atoms with Crippen molar-refractivity contribution in [3.63, 3.8) is 0 Å². The van der Waals surface area contributed by atoms with Gasteiger partial charge in [0, 0.05) is 11.6 Å². The van der Waals surface area contributed by atoms with Gasteiger partial charge in [0.2, 0.25) is 5.76 Å². The van der Waals surface area contributed by atoms with Crippen LogP contribution in [0.3, 0.4) is 0 Å². The van der Waals surface area contributed by atoms with Gasteiger partial charge in [0.1, 0.15) is 11.6 Å². The number of benzene rings is 1. The van der Waals surface area contributed by atoms with Gasteiger partial charge in [-0.25, -0.2) is 13.6 Å². The Balaban J connectivity index is 2.33. The lowest BCUT2D eigenvalue weighted by Gasteiger charge is -2.16. The second-order valence-electron chi connectivity index (χ2n) is 4.43. The summed E-state index contributed by atoms with van der Waals surface area (Å²) in [5.74, 6) is -3.53. The first-order valence-electron chi connectivity index (χ1n) is 6.19. The van der Waals surface area contributed by atoms with Crippen LogP contribution in [0.4, 0.5) is 8.78 Å². The number of nitrogens with one attached hydrogen (secondary N) is 1. The molecule has 0 unspecified atom stereocenters. The Bertz CT molecular complexity index is 715. The minimum Gasteiger partial charge on any atom is -0.467 e. The van der Waals surface area contributed by atoms with E-state index < -0.39 is 29.6 Å². The number of nitrogens with zero attached hydrogens (tertiary/aromatic N) is 1. The van der Waals surface area contributed by atoms with Crippen molar-refractivity contribution in [2.45, 2.75) is 13.0 Å². The van der Waals surface area contributed by atoms with Crippen LogP contribution in [0, 0.1) is 18.6 Å². The number of aromatic nitrogens is 1. The first kappa shape index (κ1) is 15.6. The van der Waals surface area contributed by atoms with E-state index in [0.717, 1.165) is 25.3 Å². The molecule has 0 aliphatic heterocycles. The minimum atomic E-state index is -1.52. The fourth-order valence-electron chi connectivity index (χ4n) is 1.79. The predicted octanol–water partition coefficient (Wildman–Crippen LogP) is 1.91. The molecule has 2 aromatic rings. The maximum Gasteiger partial charge on any atom is 0.333 e. The van der Waals surface area contributed by atoms with E-state index in [1.54, 1.807) is 6.92 Å². The Morgan fingerprint density at radius 1 is 1.32 bits per heavy atom. The predicted molar refractivity (Wildman–Crippen MR) is 69.8 cm³/mol. The lowest BCUT2D eigenvalue weighted by atomic mass is 10.1. The molecular formula is C14H12F2N2O4. The molecule has 1 heterocycles. The highest BCUT2D eigenvalue weighted by Crippen LogP contribution is 2.20. The molecule has 8 heteroatoms. The molecule has 0 aliphatic rings. The van der Waals surface area contributed by atoms with Crippen LogP contribution in [0.5, 0.6) is 0 Å². The highest BCUT2D eigenvalue weighted by Gasteiger charge is 2.28. The molecular weight excluding hydrogens is 298 g/mol. The van der Waals surface area contributed by atoms with Crippen LogP contribution in [0.2, 0.25) is 0 Å². The van der Waals surface area contributed by atoms with Gasteiger partial charge in [0.25, 0.3) is 5.91 Å². The van der Waals surface area contributed by atoms with Crippen LogP contribution in [0.1, 0.15) is 27.9 Å². The average Bonchev–Trinajstić information content (AvgIpc) is 2.93. The molecule has 116 valence electrons. The van der Waals surface area contributed by atoms with Crippen molar-refractivity contribution in [2.24, 2.45) is 0 Å². The highest BCUT2D eigenvalue weighted by molar-refractivity contribution is 5.94. The number of hydrogen-bond acceptors (Lipinski definition) is 5. The summed E-state index contributed by atoms with van der Waals surface area (Å²) in [5, 5.41) is 5.76. The first-order chi connectivity index (χ1) is 10.4. The summed E-state index contributed by atoms with van der Waals surface area (Å²) in [4.78, 5) is 23.8. The molecule has 0 saturated carbocycles. The summed E-state index contributed by atoms with van der Waals surface area (Å²) >= 11 is 0. The summed E-state index contributed by atoms with van der Waals surface area (Å²) in [6, 6.07) is 2.38. The highest BCUT2D eigenvalue weighted by atomic mass is 19.1. The summed E-state index contributed by atoms with van der Waals surface area (Å²) in [5.41, 5.74) is 0.105. The largest absolute Gasteiger partial charge is 0.467 e. The normalized spacial score (nSPS) is 11.8. The van der Waals surface area contributed by atoms with Crippen LogP contribution < -0.4 is 5.32 Å². The molecule has 0 bridgehead atoms. The smallest absolute Gasteiger partial charge is 0.333 e. The Morgan fingerprint density at radius 2 is 2.05 bits per heavy atom. The van der Waals surface area contributed by atoms with E-state index in [1.165, 1.54) is 6.07 Å². The van der Waals surface area contributed by atoms with Crippen molar-refractivity contribution >= 4 is 11.9 Å². The quantitative estimate of drug-likeness (QED) is 0.872. The molecule has 6 nitrogen and oxygen atoms in total. The Kier molecular flexibility index (Phi) is 4.50. The van der Waals surface area contributed by atoms with E-state index in [0.29, 0.717) is 5.69 Å². The zero-order valence-corrected chi connectivity index (χ0v) is 11.7. The monoisotopic (exact) mass is 310 g/mol. The maximum atomic E-state index is 13.8. The summed E-state index contributed by atoms with van der Waals surface area (Å²) in [7, 11) is 1.07. The van der Waals surface area contributed by atoms with Crippen LogP contribution in [-0.4, -0.2) is 24.1 Å². The molecule has 1 atom stereocenters. The van der Waals surface area contributed by atoms with Crippen molar-refractivity contribution in [2.75, 3.05) is 7.11 Å². The van der Waals surface area contributed by atoms with Crippen molar-refractivity contribution in [3.05, 3.63) is 52.9 Å². The summed E-state index contributed by atoms with van der Waals surface area (Å²) < 4.78 is 36.4. The van der Waals surface area contributed by atoms with E-state index in [1.807, 2.05) is 0 Å². The number of amides is 1. The van der Waals surface area contributed by atoms with E-state index in [-0.39, 0.29) is 11.3 Å². The summed E-state index contributed by atoms with van der Waals surface area (Å²) in [6.45, 7) is 1.60. The zero-order chi connectivity index (χ0) is 16.3. The molecule has 1 aromatic heterocycles. The minimum absolute atomic E-state index is 0.164. The van der Waals surface area contributed by atoms with Crippen LogP contribution in [-0.2, 0) is 9.53 Å². The number of esters is 1. The molecule has 1 amide bonds. The molecule has 0 radical (unpaired) electrons. The van der Waals surface area contributed by atoms with Gasteiger partial charge in [-0.1, -0.05) is 5.16 Å². The number of carbonyl (C=O) groups excluding carboxylic acids is 2. The van der Waals surface area contributed by atoms with E-state index in [9.17, 15) is 18.4 Å². The number of ether oxygens (including phenoxy) is 1. The molecule has 0 fully saturated rings. The molecule has 0 aliphatic carbocycles. The van der Waals surface area contributed by atoms with Crippen molar-refractivity contribution < 1.29 is 27.6 Å². The summed E-state index contributed by atoms with van der Waals surface area (Å²) in [6.07, 6.45) is 0. The Labute approximate surface area is 124 Å². The Hall–Kier alpha value is -2.77. The molecule has 2 rings (SSSR count). The third kappa shape index (κ3) is 3.27. The lowest BCUT2D eigenvalue weighted by molar-refractivity contribution is -0.143. The number of methoxy groups -OCH3 is 1. The second kappa shape index (κ2) is 6.33. The molecule has 0 saturated heterocycles. The molecule has 1 N–H and O–H groups in total. The fraction of sp³-hybridized carbons (Fsp3) is 0.214. The molecule has 0 spiro atoms. The molecule has 1 aromatic carbocycles. The van der Waals surface area contributed by atoms with Gasteiger partial charge in [-0.05, 0) is 25.1 Å². The number of rotatable bonds is 4. The van der Waals surface area contributed by atoms with Gasteiger partial charge in [0.05, 0.1) is 12.8 Å². The zero-order valence-electron chi connectivity index (χ0n) is 11.7. The van der Waals surface area contributed by atoms with E-state index in [2.05, 4.69) is 15.2 Å². The van der Waals surface area contributed by atoms with Gasteiger partial charge >= 0.3 is 5.97 Å².